The number of benzene rings is 1. The Bertz CT molecular complexity index is 761. The number of nitrogens with zero attached hydrogens (tertiary/aromatic N) is 3. The number of rotatable bonds is 4. The van der Waals surface area contributed by atoms with Crippen LogP contribution in [0.1, 0.15) is 19.8 Å². The third-order valence-electron chi connectivity index (χ3n) is 2.90. The van der Waals surface area contributed by atoms with Gasteiger partial charge in [-0.3, -0.25) is 5.73 Å². The van der Waals surface area contributed by atoms with Gasteiger partial charge in [0.15, 0.2) is 15.4 Å². The first kappa shape index (κ1) is 14.3. The van der Waals surface area contributed by atoms with Crippen LogP contribution >= 0.6 is 0 Å². The van der Waals surface area contributed by atoms with E-state index in [2.05, 4.69) is 5.10 Å². The molecule has 0 atom stereocenters. The summed E-state index contributed by atoms with van der Waals surface area (Å²) in [5.41, 5.74) is 5.12. The fraction of sp³-hybridized carbons (Fsp3) is 0.364. The van der Waals surface area contributed by atoms with Crippen LogP contribution in [-0.2, 0) is 9.84 Å². The normalized spacial score (nSPS) is 11.8. The smallest absolute Gasteiger partial charge is 0.458 e. The average molecular weight is 298 g/mol. The maximum absolute atomic E-state index is 12.1. The lowest BCUT2D eigenvalue weighted by atomic mass is 10.3. The predicted octanol–water partition coefficient (Wildman–Crippen LogP) is -0.342. The fourth-order valence-corrected chi connectivity index (χ4v) is 3.26. The number of hydrogen-bond donors (Lipinski definition) is 1. The number of aromatic nitrogens is 3. The molecular weight excluding hydrogens is 284 g/mol. The topological polar surface area (TPSA) is 127 Å². The summed E-state index contributed by atoms with van der Waals surface area (Å²) in [6.07, 6.45) is 1.27. The first-order chi connectivity index (χ1) is 9.36. The number of nitrogens with two attached hydrogens (primary N) is 1. The summed E-state index contributed by atoms with van der Waals surface area (Å²) in [6, 6.07) is 3.70. The highest BCUT2D eigenvalue weighted by atomic mass is 32.2. The van der Waals surface area contributed by atoms with E-state index >= 15 is 0 Å². The minimum absolute atomic E-state index is 0.00498. The molecule has 2 aromatic rings. The van der Waals surface area contributed by atoms with Crippen molar-refractivity contribution in [2.24, 2.45) is 0 Å². The molecule has 0 saturated carbocycles. The number of nitrogen functional groups attached to an aromatic ring is 1. The summed E-state index contributed by atoms with van der Waals surface area (Å²) in [7, 11) is -3.48. The quantitative estimate of drug-likeness (QED) is 0.607. The van der Waals surface area contributed by atoms with Gasteiger partial charge in [-0.1, -0.05) is 13.3 Å². The van der Waals surface area contributed by atoms with Crippen molar-refractivity contribution in [1.82, 2.24) is 5.10 Å². The molecule has 0 aliphatic rings. The van der Waals surface area contributed by atoms with Gasteiger partial charge in [-0.15, -0.1) is 0 Å². The van der Waals surface area contributed by atoms with Gasteiger partial charge in [0.25, 0.3) is 0 Å². The average Bonchev–Trinajstić information content (AvgIpc) is 2.42. The van der Waals surface area contributed by atoms with E-state index in [1.54, 1.807) is 0 Å². The fourth-order valence-electron chi connectivity index (χ4n) is 1.78. The Kier molecular flexibility index (Phi) is 3.62. The molecule has 108 valence electrons. The van der Waals surface area contributed by atoms with Crippen LogP contribution in [0.5, 0.6) is 0 Å². The van der Waals surface area contributed by atoms with Gasteiger partial charge >= 0.3 is 11.5 Å². The lowest BCUT2D eigenvalue weighted by Gasteiger charge is -2.08. The Morgan fingerprint density at radius 3 is 2.65 bits per heavy atom. The molecule has 0 spiro atoms. The van der Waals surface area contributed by atoms with E-state index in [1.165, 1.54) is 12.1 Å². The molecule has 0 bridgehead atoms. The molecule has 1 aromatic carbocycles. The van der Waals surface area contributed by atoms with Gasteiger partial charge in [0.1, 0.15) is 0 Å². The zero-order chi connectivity index (χ0) is 14.9. The zero-order valence-corrected chi connectivity index (χ0v) is 11.6. The maximum Gasteiger partial charge on any atom is 0.458 e. The van der Waals surface area contributed by atoms with Crippen LogP contribution in [-0.4, -0.2) is 19.3 Å². The molecule has 0 aliphatic heterocycles. The molecule has 8 nitrogen and oxygen atoms in total. The Labute approximate surface area is 115 Å². The van der Waals surface area contributed by atoms with Crippen molar-refractivity contribution in [3.05, 3.63) is 28.6 Å². The molecule has 1 aromatic heterocycles. The number of fused-ring (bicyclic) bond motifs is 1. The molecule has 0 amide bonds. The van der Waals surface area contributed by atoms with E-state index in [0.717, 1.165) is 12.5 Å². The Morgan fingerprint density at radius 1 is 1.30 bits per heavy atom. The summed E-state index contributed by atoms with van der Waals surface area (Å²) < 4.78 is 24.4. The molecule has 0 saturated heterocycles. The Balaban J connectivity index is 2.60. The molecule has 1 heterocycles. The van der Waals surface area contributed by atoms with E-state index in [9.17, 15) is 18.8 Å². The summed E-state index contributed by atoms with van der Waals surface area (Å²) in [5.74, 6) is -0.498. The predicted molar refractivity (Wildman–Crippen MR) is 71.0 cm³/mol. The number of sulfone groups is 1. The van der Waals surface area contributed by atoms with E-state index in [0.29, 0.717) is 6.42 Å². The van der Waals surface area contributed by atoms with Crippen molar-refractivity contribution in [1.29, 1.82) is 0 Å². The summed E-state index contributed by atoms with van der Waals surface area (Å²) in [6.45, 7) is 1.88. The SMILES string of the molecule is CCCCS(=O)(=O)c1ccc2c(c1)[n+]([O-])nc(N)[n+]2[O-]. The Morgan fingerprint density at radius 2 is 2.00 bits per heavy atom. The molecule has 0 unspecified atom stereocenters. The highest BCUT2D eigenvalue weighted by Gasteiger charge is 2.21. The molecule has 0 fully saturated rings. The first-order valence-electron chi connectivity index (χ1n) is 6.02. The van der Waals surface area contributed by atoms with Crippen molar-refractivity contribution < 1.29 is 18.0 Å². The van der Waals surface area contributed by atoms with Crippen molar-refractivity contribution in [3.63, 3.8) is 0 Å². The number of unbranched alkanes of at least 4 members (excludes halogenated alkanes) is 1. The van der Waals surface area contributed by atoms with Gasteiger partial charge in [-0.05, 0) is 18.6 Å². The van der Waals surface area contributed by atoms with Crippen LogP contribution in [0.4, 0.5) is 5.95 Å². The van der Waals surface area contributed by atoms with Crippen LogP contribution in [0.15, 0.2) is 23.1 Å². The van der Waals surface area contributed by atoms with Crippen molar-refractivity contribution >= 4 is 26.8 Å². The number of anilines is 1. The van der Waals surface area contributed by atoms with Gasteiger partial charge in [0.05, 0.1) is 10.6 Å². The monoisotopic (exact) mass is 298 g/mol. The molecule has 0 radical (unpaired) electrons. The Hall–Kier alpha value is -2.16. The highest BCUT2D eigenvalue weighted by Crippen LogP contribution is 2.16. The van der Waals surface area contributed by atoms with Crippen molar-refractivity contribution in [3.8, 4) is 0 Å². The van der Waals surface area contributed by atoms with Crippen LogP contribution in [0.2, 0.25) is 0 Å². The van der Waals surface area contributed by atoms with Crippen molar-refractivity contribution in [2.75, 3.05) is 11.5 Å². The first-order valence-corrected chi connectivity index (χ1v) is 7.67. The summed E-state index contributed by atoms with van der Waals surface area (Å²) in [5, 5.41) is 26.5. The largest absolute Gasteiger partial charge is 0.739 e. The van der Waals surface area contributed by atoms with Crippen LogP contribution < -0.4 is 15.3 Å². The van der Waals surface area contributed by atoms with Crippen LogP contribution in [0.25, 0.3) is 11.0 Å². The second-order valence-electron chi connectivity index (χ2n) is 4.35. The standard InChI is InChI=1S/C11H14N4O4S/c1-2-3-6-20(18,19)8-4-5-9-10(7-8)15(17)13-11(12)14(9)16/h4-5,7H,2-3,6H2,1H3,(H2,12,13). The second-order valence-corrected chi connectivity index (χ2v) is 6.46. The maximum atomic E-state index is 12.1. The summed E-state index contributed by atoms with van der Waals surface area (Å²) >= 11 is 0. The van der Waals surface area contributed by atoms with E-state index in [1.807, 2.05) is 6.92 Å². The molecular formula is C11H14N4O4S. The van der Waals surface area contributed by atoms with Crippen LogP contribution in [0, 0.1) is 10.4 Å². The lowest BCUT2D eigenvalue weighted by Crippen LogP contribution is -2.44. The van der Waals surface area contributed by atoms with E-state index in [4.69, 9.17) is 5.73 Å². The summed E-state index contributed by atoms with van der Waals surface area (Å²) in [4.78, 5) is 0.146. The molecule has 0 aliphatic carbocycles. The lowest BCUT2D eigenvalue weighted by molar-refractivity contribution is -0.672. The molecule has 2 N–H and O–H groups in total. The molecule has 20 heavy (non-hydrogen) atoms. The molecule has 2 rings (SSSR count). The third kappa shape index (κ3) is 2.44. The third-order valence-corrected chi connectivity index (χ3v) is 4.70. The van der Waals surface area contributed by atoms with Crippen molar-refractivity contribution in [2.45, 2.75) is 24.7 Å². The van der Waals surface area contributed by atoms with Gasteiger partial charge in [0, 0.05) is 10.9 Å². The molecule has 9 heteroatoms. The van der Waals surface area contributed by atoms with E-state index in [-0.39, 0.29) is 31.3 Å². The minimum atomic E-state index is -3.48. The van der Waals surface area contributed by atoms with Gasteiger partial charge < -0.3 is 10.4 Å². The van der Waals surface area contributed by atoms with Gasteiger partial charge in [-0.2, -0.15) is 0 Å². The number of hydrogen-bond acceptors (Lipinski definition) is 6. The van der Waals surface area contributed by atoms with Gasteiger partial charge in [0.2, 0.25) is 5.10 Å². The highest BCUT2D eigenvalue weighted by molar-refractivity contribution is 7.91. The van der Waals surface area contributed by atoms with Gasteiger partial charge in [-0.25, -0.2) is 13.1 Å². The minimum Gasteiger partial charge on any atom is -0.739 e. The zero-order valence-electron chi connectivity index (χ0n) is 10.8. The van der Waals surface area contributed by atoms with Crippen LogP contribution in [0.3, 0.4) is 0 Å². The second kappa shape index (κ2) is 5.08. The van der Waals surface area contributed by atoms with E-state index < -0.39 is 15.8 Å².